The van der Waals surface area contributed by atoms with Gasteiger partial charge in [0.1, 0.15) is 0 Å². The molecule has 5 nitrogen and oxygen atoms in total. The van der Waals surface area contributed by atoms with E-state index in [2.05, 4.69) is 5.32 Å². The van der Waals surface area contributed by atoms with Crippen molar-refractivity contribution in [3.05, 3.63) is 35.1 Å². The molecule has 0 spiro atoms. The van der Waals surface area contributed by atoms with E-state index in [-0.39, 0.29) is 12.1 Å². The smallest absolute Gasteiger partial charge is 0.409 e. The summed E-state index contributed by atoms with van der Waals surface area (Å²) in [5.41, 5.74) is -0.541. The lowest BCUT2D eigenvalue weighted by molar-refractivity contribution is 0.0834. The Morgan fingerprint density at radius 3 is 2.52 bits per heavy atom. The van der Waals surface area contributed by atoms with Crippen LogP contribution in [-0.4, -0.2) is 42.6 Å². The number of likely N-dealkylation sites (tertiary alicyclic amines) is 1. The molecular formula is C17H21F3N2O3. The number of halogens is 3. The van der Waals surface area contributed by atoms with Crippen LogP contribution in [0.4, 0.5) is 18.0 Å². The van der Waals surface area contributed by atoms with Gasteiger partial charge in [-0.2, -0.15) is 0 Å². The van der Waals surface area contributed by atoms with Gasteiger partial charge < -0.3 is 15.0 Å². The predicted octanol–water partition coefficient (Wildman–Crippen LogP) is 3.23. The average molecular weight is 358 g/mol. The number of benzene rings is 1. The summed E-state index contributed by atoms with van der Waals surface area (Å²) in [6.07, 6.45) is 2.30. The molecular weight excluding hydrogens is 337 g/mol. The standard InChI is InChI=1S/C17H21F3N2O3/c1-2-3-10-25-17(24)22-8-6-11(7-9-22)21-16(23)12-4-5-13(18)15(20)14(12)19/h4-5,11H,2-3,6-10H2,1H3,(H,21,23). The van der Waals surface area contributed by atoms with Crippen LogP contribution in [0.15, 0.2) is 12.1 Å². The zero-order chi connectivity index (χ0) is 18.4. The molecule has 0 unspecified atom stereocenters. The number of nitrogens with zero attached hydrogens (tertiary/aromatic N) is 1. The summed E-state index contributed by atoms with van der Waals surface area (Å²) < 4.78 is 44.9. The Balaban J connectivity index is 1.85. The molecule has 0 saturated carbocycles. The lowest BCUT2D eigenvalue weighted by Gasteiger charge is -2.31. The topological polar surface area (TPSA) is 58.6 Å². The summed E-state index contributed by atoms with van der Waals surface area (Å²) in [6.45, 7) is 3.17. The van der Waals surface area contributed by atoms with Crippen molar-refractivity contribution in [2.24, 2.45) is 0 Å². The molecule has 25 heavy (non-hydrogen) atoms. The molecule has 0 bridgehead atoms. The fourth-order valence-electron chi connectivity index (χ4n) is 2.57. The maximum Gasteiger partial charge on any atom is 0.409 e. The Morgan fingerprint density at radius 2 is 1.88 bits per heavy atom. The summed E-state index contributed by atoms with van der Waals surface area (Å²) >= 11 is 0. The molecule has 2 rings (SSSR count). The van der Waals surface area contributed by atoms with Gasteiger partial charge in [-0.05, 0) is 31.4 Å². The second-order valence-electron chi connectivity index (χ2n) is 5.93. The average Bonchev–Trinajstić information content (AvgIpc) is 2.60. The molecule has 1 N–H and O–H groups in total. The van der Waals surface area contributed by atoms with Crippen LogP contribution < -0.4 is 5.32 Å². The van der Waals surface area contributed by atoms with Crippen molar-refractivity contribution in [1.29, 1.82) is 0 Å². The minimum absolute atomic E-state index is 0.278. The molecule has 8 heteroatoms. The van der Waals surface area contributed by atoms with Gasteiger partial charge in [-0.15, -0.1) is 0 Å². The number of ether oxygens (including phenoxy) is 1. The Morgan fingerprint density at radius 1 is 1.20 bits per heavy atom. The summed E-state index contributed by atoms with van der Waals surface area (Å²) in [6, 6.07) is 1.34. The Kier molecular flexibility index (Phi) is 6.66. The predicted molar refractivity (Wildman–Crippen MR) is 84.6 cm³/mol. The van der Waals surface area contributed by atoms with E-state index >= 15 is 0 Å². The SMILES string of the molecule is CCCCOC(=O)N1CCC(NC(=O)c2ccc(F)c(F)c2F)CC1. The normalized spacial score (nSPS) is 15.1. The van der Waals surface area contributed by atoms with Crippen LogP contribution in [0.3, 0.4) is 0 Å². The van der Waals surface area contributed by atoms with Crippen LogP contribution >= 0.6 is 0 Å². The van der Waals surface area contributed by atoms with E-state index in [0.29, 0.717) is 38.6 Å². The molecule has 1 fully saturated rings. The van der Waals surface area contributed by atoms with Gasteiger partial charge in [0, 0.05) is 19.1 Å². The molecule has 138 valence electrons. The number of hydrogen-bond acceptors (Lipinski definition) is 3. The number of carbonyl (C=O) groups excluding carboxylic acids is 2. The zero-order valence-electron chi connectivity index (χ0n) is 14.0. The first-order valence-electron chi connectivity index (χ1n) is 8.30. The van der Waals surface area contributed by atoms with Gasteiger partial charge in [-0.25, -0.2) is 18.0 Å². The molecule has 0 aliphatic carbocycles. The van der Waals surface area contributed by atoms with Crippen molar-refractivity contribution in [1.82, 2.24) is 10.2 Å². The highest BCUT2D eigenvalue weighted by atomic mass is 19.2. The lowest BCUT2D eigenvalue weighted by atomic mass is 10.0. The first kappa shape index (κ1) is 19.1. The highest BCUT2D eigenvalue weighted by Crippen LogP contribution is 2.17. The Bertz CT molecular complexity index is 632. The minimum atomic E-state index is -1.67. The number of piperidine rings is 1. The first-order valence-corrected chi connectivity index (χ1v) is 8.30. The molecule has 0 aromatic heterocycles. The second kappa shape index (κ2) is 8.73. The van der Waals surface area contributed by atoms with Gasteiger partial charge in [0.25, 0.3) is 5.91 Å². The van der Waals surface area contributed by atoms with Gasteiger partial charge in [-0.1, -0.05) is 13.3 Å². The minimum Gasteiger partial charge on any atom is -0.449 e. The van der Waals surface area contributed by atoms with Gasteiger partial charge in [-0.3, -0.25) is 4.79 Å². The molecule has 0 radical (unpaired) electrons. The Labute approximate surface area is 144 Å². The molecule has 0 atom stereocenters. The zero-order valence-corrected chi connectivity index (χ0v) is 14.0. The molecule has 1 aliphatic heterocycles. The third-order valence-corrected chi connectivity index (χ3v) is 4.09. The molecule has 1 heterocycles. The molecule has 1 aromatic rings. The van der Waals surface area contributed by atoms with Crippen LogP contribution in [0.25, 0.3) is 0 Å². The van der Waals surface area contributed by atoms with Gasteiger partial charge in [0.05, 0.1) is 12.2 Å². The van der Waals surface area contributed by atoms with Crippen molar-refractivity contribution in [2.45, 2.75) is 38.6 Å². The van der Waals surface area contributed by atoms with Crippen LogP contribution in [0.5, 0.6) is 0 Å². The van der Waals surface area contributed by atoms with Crippen molar-refractivity contribution in [3.63, 3.8) is 0 Å². The van der Waals surface area contributed by atoms with Crippen molar-refractivity contribution in [3.8, 4) is 0 Å². The van der Waals surface area contributed by atoms with E-state index in [0.717, 1.165) is 18.9 Å². The van der Waals surface area contributed by atoms with Crippen LogP contribution in [0.2, 0.25) is 0 Å². The lowest BCUT2D eigenvalue weighted by Crippen LogP contribution is -2.46. The van der Waals surface area contributed by atoms with Crippen molar-refractivity contribution >= 4 is 12.0 Å². The van der Waals surface area contributed by atoms with Crippen molar-refractivity contribution in [2.75, 3.05) is 19.7 Å². The quantitative estimate of drug-likeness (QED) is 0.649. The number of hydrogen-bond donors (Lipinski definition) is 1. The molecule has 2 amide bonds. The van der Waals surface area contributed by atoms with E-state index in [1.54, 1.807) is 4.90 Å². The van der Waals surface area contributed by atoms with E-state index in [4.69, 9.17) is 4.74 Å². The highest BCUT2D eigenvalue weighted by molar-refractivity contribution is 5.94. The maximum absolute atomic E-state index is 13.6. The summed E-state index contributed by atoms with van der Waals surface area (Å²) in [5, 5.41) is 2.59. The molecule has 1 aromatic carbocycles. The number of amides is 2. The monoisotopic (exact) mass is 358 g/mol. The summed E-state index contributed by atoms with van der Waals surface area (Å²) in [7, 11) is 0. The maximum atomic E-state index is 13.6. The van der Waals surface area contributed by atoms with E-state index in [1.807, 2.05) is 6.92 Å². The summed E-state index contributed by atoms with van der Waals surface area (Å²) in [4.78, 5) is 25.4. The fraction of sp³-hybridized carbons (Fsp3) is 0.529. The highest BCUT2D eigenvalue weighted by Gasteiger charge is 2.26. The largest absolute Gasteiger partial charge is 0.449 e. The van der Waals surface area contributed by atoms with Crippen molar-refractivity contribution < 1.29 is 27.5 Å². The number of carbonyl (C=O) groups is 2. The second-order valence-corrected chi connectivity index (χ2v) is 5.93. The van der Waals surface area contributed by atoms with Crippen LogP contribution in [-0.2, 0) is 4.74 Å². The third-order valence-electron chi connectivity index (χ3n) is 4.09. The van der Waals surface area contributed by atoms with Gasteiger partial charge in [0.15, 0.2) is 17.5 Å². The van der Waals surface area contributed by atoms with Gasteiger partial charge in [0.2, 0.25) is 0 Å². The van der Waals surface area contributed by atoms with Gasteiger partial charge >= 0.3 is 6.09 Å². The first-order chi connectivity index (χ1) is 11.9. The number of nitrogens with one attached hydrogen (secondary N) is 1. The number of rotatable bonds is 5. The third kappa shape index (κ3) is 4.87. The summed E-state index contributed by atoms with van der Waals surface area (Å²) in [5.74, 6) is -5.32. The fourth-order valence-corrected chi connectivity index (χ4v) is 2.57. The molecule has 1 saturated heterocycles. The Hall–Kier alpha value is -2.25. The van der Waals surface area contributed by atoms with E-state index < -0.39 is 28.9 Å². The molecule has 1 aliphatic rings. The van der Waals surface area contributed by atoms with Crippen LogP contribution in [0.1, 0.15) is 43.0 Å². The van der Waals surface area contributed by atoms with E-state index in [9.17, 15) is 22.8 Å². The number of unbranched alkanes of at least 4 members (excludes halogenated alkanes) is 1. The van der Waals surface area contributed by atoms with Crippen LogP contribution in [0, 0.1) is 17.5 Å². The van der Waals surface area contributed by atoms with E-state index in [1.165, 1.54) is 0 Å².